The molecule has 3 nitrogen and oxygen atoms in total. The monoisotopic (exact) mass is 291 g/mol. The number of nitrogens with zero attached hydrogens (tertiary/aromatic N) is 1. The van der Waals surface area contributed by atoms with Crippen LogP contribution in [0.25, 0.3) is 0 Å². The van der Waals surface area contributed by atoms with E-state index in [1.54, 1.807) is 12.1 Å². The Balaban J connectivity index is 2.00. The fraction of sp³-hybridized carbons (Fsp3) is 0.133. The summed E-state index contributed by atoms with van der Waals surface area (Å²) in [5, 5.41) is 0. The maximum absolute atomic E-state index is 12.5. The van der Waals surface area contributed by atoms with Crippen LogP contribution in [0.1, 0.15) is 37.9 Å². The van der Waals surface area contributed by atoms with Crippen molar-refractivity contribution in [3.63, 3.8) is 0 Å². The Bertz CT molecular complexity index is 700. The van der Waals surface area contributed by atoms with Gasteiger partial charge in [-0.25, -0.2) is 0 Å². The number of alkyl halides is 3. The molecule has 0 bridgehead atoms. The number of rotatable bonds is 1. The van der Waals surface area contributed by atoms with Gasteiger partial charge in [0, 0.05) is 17.3 Å². The van der Waals surface area contributed by atoms with Crippen molar-refractivity contribution in [2.24, 2.45) is 0 Å². The molecule has 0 saturated heterocycles. The molecule has 1 aliphatic rings. The lowest BCUT2D eigenvalue weighted by Crippen LogP contribution is -2.15. The zero-order valence-corrected chi connectivity index (χ0v) is 10.5. The molecule has 0 aliphatic heterocycles. The van der Waals surface area contributed by atoms with Gasteiger partial charge in [-0.05, 0) is 12.1 Å². The number of ketones is 2. The van der Waals surface area contributed by atoms with E-state index in [-0.39, 0.29) is 16.8 Å². The predicted molar refractivity (Wildman–Crippen MR) is 67.1 cm³/mol. The Kier molecular flexibility index (Phi) is 2.90. The van der Waals surface area contributed by atoms with Crippen LogP contribution in [0.5, 0.6) is 0 Å². The maximum atomic E-state index is 12.5. The zero-order valence-electron chi connectivity index (χ0n) is 10.5. The van der Waals surface area contributed by atoms with E-state index in [1.165, 1.54) is 12.1 Å². The standard InChI is InChI=1S/C15H8F3NO2/c16-15(17,18)8-5-6-11(19-7-8)12-13(20)9-3-1-2-4-10(9)14(12)21/h1-7,12H. The van der Waals surface area contributed by atoms with Gasteiger partial charge < -0.3 is 0 Å². The van der Waals surface area contributed by atoms with E-state index >= 15 is 0 Å². The van der Waals surface area contributed by atoms with Crippen molar-refractivity contribution < 1.29 is 22.8 Å². The number of hydrogen-bond acceptors (Lipinski definition) is 3. The average molecular weight is 291 g/mol. The van der Waals surface area contributed by atoms with E-state index in [4.69, 9.17) is 0 Å². The molecule has 0 amide bonds. The number of Topliss-reactive ketones (excluding diaryl/α,β-unsaturated/α-hetero) is 2. The molecule has 1 aromatic carbocycles. The van der Waals surface area contributed by atoms with Gasteiger partial charge in [-0.15, -0.1) is 0 Å². The molecule has 6 heteroatoms. The van der Waals surface area contributed by atoms with Crippen LogP contribution in [0, 0.1) is 0 Å². The molecule has 0 unspecified atom stereocenters. The third-order valence-electron chi connectivity index (χ3n) is 3.39. The fourth-order valence-corrected chi connectivity index (χ4v) is 2.36. The number of fused-ring (bicyclic) bond motifs is 1. The Hall–Kier alpha value is -2.50. The smallest absolute Gasteiger partial charge is 0.293 e. The van der Waals surface area contributed by atoms with Crippen LogP contribution >= 0.6 is 0 Å². The minimum absolute atomic E-state index is 0.0363. The number of pyridine rings is 1. The third kappa shape index (κ3) is 2.12. The number of halogens is 3. The first-order valence-corrected chi connectivity index (χ1v) is 6.10. The number of hydrogen-bond donors (Lipinski definition) is 0. The largest absolute Gasteiger partial charge is 0.417 e. The van der Waals surface area contributed by atoms with Crippen LogP contribution in [-0.4, -0.2) is 16.6 Å². The van der Waals surface area contributed by atoms with Gasteiger partial charge in [0.1, 0.15) is 5.92 Å². The van der Waals surface area contributed by atoms with E-state index < -0.39 is 29.2 Å². The summed E-state index contributed by atoms with van der Waals surface area (Å²) in [5.74, 6) is -2.00. The average Bonchev–Trinajstić information content (AvgIpc) is 2.71. The molecular weight excluding hydrogens is 283 g/mol. The van der Waals surface area contributed by atoms with Crippen molar-refractivity contribution in [1.82, 2.24) is 4.98 Å². The molecule has 0 radical (unpaired) electrons. The Labute approximate surface area is 117 Å². The molecule has 0 atom stereocenters. The van der Waals surface area contributed by atoms with Crippen molar-refractivity contribution in [3.05, 3.63) is 65.0 Å². The molecule has 1 aliphatic carbocycles. The second-order valence-corrected chi connectivity index (χ2v) is 4.68. The molecule has 106 valence electrons. The highest BCUT2D eigenvalue weighted by molar-refractivity contribution is 6.29. The summed E-state index contributed by atoms with van der Waals surface area (Å²) in [6, 6.07) is 8.22. The predicted octanol–water partition coefficient (Wildman–Crippen LogP) is 3.26. The van der Waals surface area contributed by atoms with Crippen molar-refractivity contribution in [3.8, 4) is 0 Å². The van der Waals surface area contributed by atoms with Gasteiger partial charge in [0.15, 0.2) is 11.6 Å². The zero-order chi connectivity index (χ0) is 15.2. The number of benzene rings is 1. The van der Waals surface area contributed by atoms with Crippen molar-refractivity contribution in [2.45, 2.75) is 12.1 Å². The molecule has 0 spiro atoms. The van der Waals surface area contributed by atoms with E-state index in [0.29, 0.717) is 6.20 Å². The summed E-state index contributed by atoms with van der Waals surface area (Å²) in [6.07, 6.45) is -3.86. The molecule has 3 rings (SSSR count). The number of carbonyl (C=O) groups excluding carboxylic acids is 2. The minimum atomic E-state index is -4.50. The van der Waals surface area contributed by atoms with Crippen LogP contribution in [0.3, 0.4) is 0 Å². The fourth-order valence-electron chi connectivity index (χ4n) is 2.36. The summed E-state index contributed by atoms with van der Waals surface area (Å²) in [4.78, 5) is 28.1. The Morgan fingerprint density at radius 1 is 0.905 bits per heavy atom. The lowest BCUT2D eigenvalue weighted by atomic mass is 9.99. The van der Waals surface area contributed by atoms with Crippen LogP contribution in [0.4, 0.5) is 13.2 Å². The molecule has 0 fully saturated rings. The first kappa shape index (κ1) is 13.5. The van der Waals surface area contributed by atoms with E-state index in [9.17, 15) is 22.8 Å². The first-order valence-electron chi connectivity index (χ1n) is 6.10. The maximum Gasteiger partial charge on any atom is 0.417 e. The van der Waals surface area contributed by atoms with Gasteiger partial charge in [0.05, 0.1) is 11.3 Å². The van der Waals surface area contributed by atoms with E-state index in [1.807, 2.05) is 0 Å². The van der Waals surface area contributed by atoms with Gasteiger partial charge in [0.2, 0.25) is 0 Å². The van der Waals surface area contributed by atoms with Crippen LogP contribution in [-0.2, 0) is 6.18 Å². The minimum Gasteiger partial charge on any atom is -0.293 e. The van der Waals surface area contributed by atoms with Crippen LogP contribution in [0.2, 0.25) is 0 Å². The molecular formula is C15H8F3NO2. The van der Waals surface area contributed by atoms with Crippen molar-refractivity contribution >= 4 is 11.6 Å². The van der Waals surface area contributed by atoms with Gasteiger partial charge in [-0.3, -0.25) is 14.6 Å². The summed E-state index contributed by atoms with van der Waals surface area (Å²) in [5.41, 5.74) is -0.306. The Morgan fingerprint density at radius 2 is 1.48 bits per heavy atom. The van der Waals surface area contributed by atoms with Crippen molar-refractivity contribution in [1.29, 1.82) is 0 Å². The van der Waals surface area contributed by atoms with Crippen LogP contribution < -0.4 is 0 Å². The summed E-state index contributed by atoms with van der Waals surface area (Å²) in [6.45, 7) is 0. The lowest BCUT2D eigenvalue weighted by molar-refractivity contribution is -0.137. The number of aromatic nitrogens is 1. The van der Waals surface area contributed by atoms with Crippen molar-refractivity contribution in [2.75, 3.05) is 0 Å². The van der Waals surface area contributed by atoms with Gasteiger partial charge in [-0.1, -0.05) is 24.3 Å². The molecule has 1 heterocycles. The molecule has 0 N–H and O–H groups in total. The van der Waals surface area contributed by atoms with E-state index in [0.717, 1.165) is 12.1 Å². The van der Waals surface area contributed by atoms with Crippen LogP contribution in [0.15, 0.2) is 42.6 Å². The second-order valence-electron chi connectivity index (χ2n) is 4.68. The number of carbonyl (C=O) groups is 2. The third-order valence-corrected chi connectivity index (χ3v) is 3.39. The van der Waals surface area contributed by atoms with Gasteiger partial charge >= 0.3 is 6.18 Å². The Morgan fingerprint density at radius 3 is 1.90 bits per heavy atom. The summed E-state index contributed by atoms with van der Waals surface area (Å²) < 4.78 is 37.5. The highest BCUT2D eigenvalue weighted by atomic mass is 19.4. The molecule has 1 aromatic heterocycles. The lowest BCUT2D eigenvalue weighted by Gasteiger charge is -2.09. The molecule has 0 saturated carbocycles. The first-order chi connectivity index (χ1) is 9.89. The van der Waals surface area contributed by atoms with E-state index in [2.05, 4.69) is 4.98 Å². The van der Waals surface area contributed by atoms with Gasteiger partial charge in [0.25, 0.3) is 0 Å². The summed E-state index contributed by atoms with van der Waals surface area (Å²) >= 11 is 0. The second kappa shape index (κ2) is 4.51. The highest BCUT2D eigenvalue weighted by Gasteiger charge is 2.40. The quantitative estimate of drug-likeness (QED) is 0.758. The topological polar surface area (TPSA) is 47.0 Å². The van der Waals surface area contributed by atoms with Gasteiger partial charge in [-0.2, -0.15) is 13.2 Å². The highest BCUT2D eigenvalue weighted by Crippen LogP contribution is 2.34. The molecule has 21 heavy (non-hydrogen) atoms. The summed E-state index contributed by atoms with van der Waals surface area (Å²) in [7, 11) is 0. The normalized spacial score (nSPS) is 15.4. The molecule has 2 aromatic rings. The SMILES string of the molecule is O=C1c2ccccc2C(=O)C1c1ccc(C(F)(F)F)cn1.